The van der Waals surface area contributed by atoms with E-state index >= 15 is 0 Å². The van der Waals surface area contributed by atoms with Crippen LogP contribution in [0.3, 0.4) is 0 Å². The molecule has 1 aromatic heterocycles. The van der Waals surface area contributed by atoms with Crippen LogP contribution in [0.4, 0.5) is 4.79 Å². The molecule has 0 spiro atoms. The number of hydrogen-bond donors (Lipinski definition) is 1. The summed E-state index contributed by atoms with van der Waals surface area (Å²) >= 11 is 0. The summed E-state index contributed by atoms with van der Waals surface area (Å²) in [6, 6.07) is 1.73. The third-order valence-corrected chi connectivity index (χ3v) is 3.42. The quantitative estimate of drug-likeness (QED) is 0.907. The molecule has 2 rings (SSSR count). The predicted octanol–water partition coefficient (Wildman–Crippen LogP) is 2.81. The molecule has 0 bridgehead atoms. The summed E-state index contributed by atoms with van der Waals surface area (Å²) in [6.07, 6.45) is 3.43. The van der Waals surface area contributed by atoms with Crippen LogP contribution in [-0.2, 0) is 4.74 Å². The molecule has 1 N–H and O–H groups in total. The normalized spacial score (nSPS) is 18.8. The maximum atomic E-state index is 11.5. The number of carbonyl (C=O) groups is 1. The van der Waals surface area contributed by atoms with E-state index in [1.54, 1.807) is 18.5 Å². The van der Waals surface area contributed by atoms with Gasteiger partial charge >= 0.3 is 6.09 Å². The molecule has 0 saturated heterocycles. The lowest BCUT2D eigenvalue weighted by Crippen LogP contribution is -2.44. The van der Waals surface area contributed by atoms with Gasteiger partial charge in [0.05, 0.1) is 25.5 Å². The zero-order chi connectivity index (χ0) is 15.6. The van der Waals surface area contributed by atoms with Gasteiger partial charge in [0, 0.05) is 17.2 Å². The first-order chi connectivity index (χ1) is 9.82. The van der Waals surface area contributed by atoms with Gasteiger partial charge < -0.3 is 14.6 Å². The van der Waals surface area contributed by atoms with Crippen molar-refractivity contribution in [3.8, 4) is 5.75 Å². The number of aromatic nitrogens is 1. The Morgan fingerprint density at radius 2 is 2.19 bits per heavy atom. The second kappa shape index (κ2) is 5.63. The van der Waals surface area contributed by atoms with Gasteiger partial charge in [0.1, 0.15) is 18.1 Å². The smallest absolute Gasteiger partial charge is 0.412 e. The SMILES string of the molecule is COc1cncc(C2=COC(C(C)(C)C)CN2C(=O)O)c1. The molecule has 1 amide bonds. The van der Waals surface area contributed by atoms with Gasteiger partial charge in [-0.3, -0.25) is 9.88 Å². The number of carboxylic acid groups (broad SMARTS) is 1. The number of hydrogen-bond acceptors (Lipinski definition) is 4. The molecule has 0 saturated carbocycles. The number of nitrogens with zero attached hydrogens (tertiary/aromatic N) is 2. The highest BCUT2D eigenvalue weighted by Gasteiger charge is 2.35. The topological polar surface area (TPSA) is 71.9 Å². The summed E-state index contributed by atoms with van der Waals surface area (Å²) in [4.78, 5) is 16.9. The average Bonchev–Trinajstić information content (AvgIpc) is 2.45. The summed E-state index contributed by atoms with van der Waals surface area (Å²) in [5, 5.41) is 9.46. The highest BCUT2D eigenvalue weighted by atomic mass is 16.5. The first-order valence-electron chi connectivity index (χ1n) is 6.68. The van der Waals surface area contributed by atoms with Crippen LogP contribution in [0.2, 0.25) is 0 Å². The minimum atomic E-state index is -1.01. The molecule has 21 heavy (non-hydrogen) atoms. The Kier molecular flexibility index (Phi) is 4.06. The number of rotatable bonds is 2. The molecule has 2 heterocycles. The molecule has 6 nitrogen and oxygen atoms in total. The van der Waals surface area contributed by atoms with E-state index in [0.717, 1.165) is 0 Å². The Labute approximate surface area is 124 Å². The third kappa shape index (κ3) is 3.26. The molecule has 1 unspecified atom stereocenters. The Balaban J connectivity index is 2.36. The molecule has 1 atom stereocenters. The van der Waals surface area contributed by atoms with E-state index in [9.17, 15) is 9.90 Å². The van der Waals surface area contributed by atoms with E-state index in [2.05, 4.69) is 4.98 Å². The molecule has 1 aromatic rings. The second-order valence-corrected chi connectivity index (χ2v) is 6.00. The monoisotopic (exact) mass is 292 g/mol. The van der Waals surface area contributed by atoms with Crippen LogP contribution >= 0.6 is 0 Å². The summed E-state index contributed by atoms with van der Waals surface area (Å²) < 4.78 is 10.8. The summed E-state index contributed by atoms with van der Waals surface area (Å²) in [6.45, 7) is 6.33. The fourth-order valence-electron chi connectivity index (χ4n) is 2.07. The van der Waals surface area contributed by atoms with E-state index in [4.69, 9.17) is 9.47 Å². The van der Waals surface area contributed by atoms with Crippen LogP contribution in [0, 0.1) is 5.41 Å². The van der Waals surface area contributed by atoms with Gasteiger partial charge in [-0.15, -0.1) is 0 Å². The van der Waals surface area contributed by atoms with Crippen molar-refractivity contribution in [2.75, 3.05) is 13.7 Å². The lowest BCUT2D eigenvalue weighted by molar-refractivity contribution is 0.0144. The van der Waals surface area contributed by atoms with Crippen molar-refractivity contribution < 1.29 is 19.4 Å². The molecule has 0 aromatic carbocycles. The molecule has 1 aliphatic rings. The van der Waals surface area contributed by atoms with Crippen LogP contribution in [0.15, 0.2) is 24.7 Å². The van der Waals surface area contributed by atoms with Crippen LogP contribution in [0.25, 0.3) is 5.70 Å². The standard InChI is InChI=1S/C15H20N2O4/c1-15(2,3)13-8-17(14(18)19)12(9-21-13)10-5-11(20-4)7-16-6-10/h5-7,9,13H,8H2,1-4H3,(H,18,19). The second-order valence-electron chi connectivity index (χ2n) is 6.00. The lowest BCUT2D eigenvalue weighted by atomic mass is 9.88. The molecule has 0 fully saturated rings. The van der Waals surface area contributed by atoms with Gasteiger partial charge in [-0.2, -0.15) is 0 Å². The highest BCUT2D eigenvalue weighted by Crippen LogP contribution is 2.32. The minimum Gasteiger partial charge on any atom is -0.495 e. The highest BCUT2D eigenvalue weighted by molar-refractivity contribution is 5.81. The van der Waals surface area contributed by atoms with Crippen molar-refractivity contribution in [1.82, 2.24) is 9.88 Å². The van der Waals surface area contributed by atoms with Crippen molar-refractivity contribution in [3.63, 3.8) is 0 Å². The minimum absolute atomic E-state index is 0.150. The molecular formula is C15H20N2O4. The Morgan fingerprint density at radius 1 is 1.48 bits per heavy atom. The van der Waals surface area contributed by atoms with E-state index in [-0.39, 0.29) is 18.1 Å². The fraction of sp³-hybridized carbons (Fsp3) is 0.467. The predicted molar refractivity (Wildman–Crippen MR) is 77.8 cm³/mol. The van der Waals surface area contributed by atoms with Crippen LogP contribution in [-0.4, -0.2) is 40.8 Å². The Bertz CT molecular complexity index is 563. The van der Waals surface area contributed by atoms with Crippen molar-refractivity contribution in [2.45, 2.75) is 26.9 Å². The van der Waals surface area contributed by atoms with E-state index in [1.807, 2.05) is 20.8 Å². The zero-order valence-corrected chi connectivity index (χ0v) is 12.7. The first-order valence-corrected chi connectivity index (χ1v) is 6.68. The largest absolute Gasteiger partial charge is 0.495 e. The molecule has 114 valence electrons. The van der Waals surface area contributed by atoms with Gasteiger partial charge in [-0.1, -0.05) is 20.8 Å². The van der Waals surface area contributed by atoms with Crippen molar-refractivity contribution in [1.29, 1.82) is 0 Å². The molecule has 1 aliphatic heterocycles. The van der Waals surface area contributed by atoms with Gasteiger partial charge in [-0.25, -0.2) is 4.79 Å². The van der Waals surface area contributed by atoms with Crippen LogP contribution in [0.5, 0.6) is 5.75 Å². The van der Waals surface area contributed by atoms with E-state index in [1.165, 1.54) is 18.3 Å². The zero-order valence-electron chi connectivity index (χ0n) is 12.7. The van der Waals surface area contributed by atoms with Crippen molar-refractivity contribution >= 4 is 11.8 Å². The third-order valence-electron chi connectivity index (χ3n) is 3.42. The first kappa shape index (κ1) is 15.2. The summed E-state index contributed by atoms with van der Waals surface area (Å²) in [7, 11) is 1.54. The molecular weight excluding hydrogens is 272 g/mol. The van der Waals surface area contributed by atoms with Crippen molar-refractivity contribution in [3.05, 3.63) is 30.3 Å². The number of methoxy groups -OCH3 is 1. The van der Waals surface area contributed by atoms with Crippen LogP contribution < -0.4 is 4.74 Å². The van der Waals surface area contributed by atoms with Crippen molar-refractivity contribution in [2.24, 2.45) is 5.41 Å². The van der Waals surface area contributed by atoms with E-state index in [0.29, 0.717) is 17.0 Å². The Morgan fingerprint density at radius 3 is 2.76 bits per heavy atom. The molecule has 6 heteroatoms. The van der Waals surface area contributed by atoms with Gasteiger partial charge in [0.2, 0.25) is 0 Å². The summed E-state index contributed by atoms with van der Waals surface area (Å²) in [5.41, 5.74) is 0.959. The average molecular weight is 292 g/mol. The van der Waals surface area contributed by atoms with Gasteiger partial charge in [0.15, 0.2) is 0 Å². The van der Waals surface area contributed by atoms with Crippen LogP contribution in [0.1, 0.15) is 26.3 Å². The summed E-state index contributed by atoms with van der Waals surface area (Å²) in [5.74, 6) is 0.566. The van der Waals surface area contributed by atoms with Gasteiger partial charge in [-0.05, 0) is 6.07 Å². The van der Waals surface area contributed by atoms with Gasteiger partial charge in [0.25, 0.3) is 0 Å². The maximum Gasteiger partial charge on any atom is 0.412 e. The number of pyridine rings is 1. The molecule has 0 radical (unpaired) electrons. The number of ether oxygens (including phenoxy) is 2. The maximum absolute atomic E-state index is 11.5. The lowest BCUT2D eigenvalue weighted by Gasteiger charge is -2.38. The fourth-order valence-corrected chi connectivity index (χ4v) is 2.07. The molecule has 0 aliphatic carbocycles. The number of amides is 1. The van der Waals surface area contributed by atoms with E-state index < -0.39 is 6.09 Å². The Hall–Kier alpha value is -2.24.